The van der Waals surface area contributed by atoms with E-state index >= 15 is 0 Å². The van der Waals surface area contributed by atoms with Crippen LogP contribution in [0.1, 0.15) is 24.7 Å². The Bertz CT molecular complexity index is 973. The fourth-order valence-electron chi connectivity index (χ4n) is 3.11. The third kappa shape index (κ3) is 4.04. The molecule has 3 aromatic rings. The van der Waals surface area contributed by atoms with Crippen LogP contribution in [0, 0.1) is 5.82 Å². The molecule has 28 heavy (non-hydrogen) atoms. The van der Waals surface area contributed by atoms with Crippen molar-refractivity contribution >= 4 is 27.6 Å². The first-order chi connectivity index (χ1) is 13.6. The van der Waals surface area contributed by atoms with Crippen LogP contribution in [0.25, 0.3) is 11.5 Å². The molecule has 0 saturated carbocycles. The maximum absolute atomic E-state index is 13.9. The third-order valence-corrected chi connectivity index (χ3v) is 5.13. The summed E-state index contributed by atoms with van der Waals surface area (Å²) in [5.41, 5.74) is 0.818. The summed E-state index contributed by atoms with van der Waals surface area (Å²) in [7, 11) is 0. The van der Waals surface area contributed by atoms with Gasteiger partial charge in [-0.1, -0.05) is 27.2 Å². The molecule has 0 radical (unpaired) electrons. The van der Waals surface area contributed by atoms with Gasteiger partial charge in [-0.2, -0.15) is 4.98 Å². The maximum atomic E-state index is 13.9. The van der Waals surface area contributed by atoms with Crippen molar-refractivity contribution in [2.24, 2.45) is 0 Å². The molecule has 1 saturated heterocycles. The molecule has 1 aromatic carbocycles. The van der Waals surface area contributed by atoms with Crippen molar-refractivity contribution < 1.29 is 13.7 Å². The van der Waals surface area contributed by atoms with Gasteiger partial charge in [0.05, 0.1) is 5.69 Å². The summed E-state index contributed by atoms with van der Waals surface area (Å²) < 4.78 is 19.9. The van der Waals surface area contributed by atoms with Crippen LogP contribution in [-0.4, -0.2) is 39.1 Å². The van der Waals surface area contributed by atoms with Crippen LogP contribution in [0.2, 0.25) is 0 Å². The summed E-state index contributed by atoms with van der Waals surface area (Å²) in [5.74, 6) is 0.616. The lowest BCUT2D eigenvalue weighted by molar-refractivity contribution is 0.187. The minimum atomic E-state index is -0.481. The third-order valence-electron chi connectivity index (χ3n) is 4.64. The van der Waals surface area contributed by atoms with E-state index in [1.54, 1.807) is 17.2 Å². The average molecular weight is 446 g/mol. The summed E-state index contributed by atoms with van der Waals surface area (Å²) in [4.78, 5) is 22.7. The molecule has 1 N–H and O–H groups in total. The molecular formula is C19H17BrFN5O2. The lowest BCUT2D eigenvalue weighted by Gasteiger charge is -2.30. The Kier molecular flexibility index (Phi) is 5.34. The van der Waals surface area contributed by atoms with Crippen LogP contribution in [0.3, 0.4) is 0 Å². The number of anilines is 1. The molecule has 0 atom stereocenters. The highest BCUT2D eigenvalue weighted by molar-refractivity contribution is 9.10. The molecule has 1 aliphatic heterocycles. The van der Waals surface area contributed by atoms with Gasteiger partial charge in [0, 0.05) is 29.7 Å². The number of likely N-dealkylation sites (tertiary alicyclic amines) is 1. The standard InChI is InChI=1S/C19H17BrFN5O2/c20-13-4-5-15(14(21)11-13)23-19(27)26-9-6-12(7-10-26)18-24-17(25-28-18)16-3-1-2-8-22-16/h1-5,8,11-12H,6-7,9-10H2,(H,23,27). The van der Waals surface area contributed by atoms with Crippen LogP contribution in [0.5, 0.6) is 0 Å². The lowest BCUT2D eigenvalue weighted by atomic mass is 9.97. The predicted molar refractivity (Wildman–Crippen MR) is 104 cm³/mol. The molecule has 0 aliphatic carbocycles. The van der Waals surface area contributed by atoms with Crippen LogP contribution in [0.15, 0.2) is 51.6 Å². The molecule has 9 heteroatoms. The Morgan fingerprint density at radius 2 is 2.07 bits per heavy atom. The Balaban J connectivity index is 1.35. The predicted octanol–water partition coefficient (Wildman–Crippen LogP) is 4.44. The fraction of sp³-hybridized carbons (Fsp3) is 0.263. The number of pyridine rings is 1. The maximum Gasteiger partial charge on any atom is 0.321 e. The van der Waals surface area contributed by atoms with E-state index in [2.05, 4.69) is 36.4 Å². The van der Waals surface area contributed by atoms with Crippen molar-refractivity contribution in [1.82, 2.24) is 20.0 Å². The number of carbonyl (C=O) groups excluding carboxylic acids is 1. The van der Waals surface area contributed by atoms with E-state index in [-0.39, 0.29) is 17.6 Å². The molecule has 0 unspecified atom stereocenters. The zero-order valence-corrected chi connectivity index (χ0v) is 16.4. The van der Waals surface area contributed by atoms with Crippen molar-refractivity contribution in [3.8, 4) is 11.5 Å². The van der Waals surface area contributed by atoms with Crippen molar-refractivity contribution in [3.63, 3.8) is 0 Å². The van der Waals surface area contributed by atoms with Gasteiger partial charge < -0.3 is 14.7 Å². The van der Waals surface area contributed by atoms with Gasteiger partial charge in [-0.15, -0.1) is 0 Å². The number of piperidine rings is 1. The van der Waals surface area contributed by atoms with E-state index in [1.165, 1.54) is 12.1 Å². The molecule has 4 rings (SSSR count). The molecule has 2 amide bonds. The second-order valence-corrected chi connectivity index (χ2v) is 7.40. The van der Waals surface area contributed by atoms with Crippen molar-refractivity contribution in [2.75, 3.05) is 18.4 Å². The molecule has 2 aromatic heterocycles. The molecule has 1 fully saturated rings. The molecule has 3 heterocycles. The molecule has 0 spiro atoms. The number of nitrogens with one attached hydrogen (secondary N) is 1. The molecular weight excluding hydrogens is 429 g/mol. The number of hydrogen-bond acceptors (Lipinski definition) is 5. The number of amides is 2. The number of carbonyl (C=O) groups is 1. The van der Waals surface area contributed by atoms with Crippen LogP contribution in [-0.2, 0) is 0 Å². The van der Waals surface area contributed by atoms with E-state index in [1.807, 2.05) is 18.2 Å². The van der Waals surface area contributed by atoms with E-state index < -0.39 is 5.82 Å². The zero-order chi connectivity index (χ0) is 19.5. The van der Waals surface area contributed by atoms with E-state index in [4.69, 9.17) is 4.52 Å². The Labute approximate surface area is 169 Å². The smallest absolute Gasteiger partial charge is 0.321 e. The molecule has 0 bridgehead atoms. The number of nitrogens with zero attached hydrogens (tertiary/aromatic N) is 4. The summed E-state index contributed by atoms with van der Waals surface area (Å²) in [6, 6.07) is 9.72. The normalized spacial score (nSPS) is 14.9. The first-order valence-corrected chi connectivity index (χ1v) is 9.65. The van der Waals surface area contributed by atoms with Crippen LogP contribution < -0.4 is 5.32 Å². The number of hydrogen-bond donors (Lipinski definition) is 1. The highest BCUT2D eigenvalue weighted by Gasteiger charge is 2.28. The lowest BCUT2D eigenvalue weighted by Crippen LogP contribution is -2.40. The number of halogens is 2. The van der Waals surface area contributed by atoms with Gasteiger partial charge >= 0.3 is 6.03 Å². The summed E-state index contributed by atoms with van der Waals surface area (Å²) in [6.45, 7) is 1.05. The van der Waals surface area contributed by atoms with Gasteiger partial charge in [-0.05, 0) is 43.2 Å². The highest BCUT2D eigenvalue weighted by atomic mass is 79.9. The first-order valence-electron chi connectivity index (χ1n) is 8.86. The number of rotatable bonds is 3. The van der Waals surface area contributed by atoms with Crippen LogP contribution in [0.4, 0.5) is 14.9 Å². The number of aromatic nitrogens is 3. The fourth-order valence-corrected chi connectivity index (χ4v) is 3.45. The summed E-state index contributed by atoms with van der Waals surface area (Å²) in [6.07, 6.45) is 3.07. The second kappa shape index (κ2) is 8.05. The second-order valence-electron chi connectivity index (χ2n) is 6.49. The van der Waals surface area contributed by atoms with Gasteiger partial charge in [0.15, 0.2) is 0 Å². The number of urea groups is 1. The number of benzene rings is 1. The van der Waals surface area contributed by atoms with Gasteiger partial charge in [0.1, 0.15) is 11.5 Å². The SMILES string of the molecule is O=C(Nc1ccc(Br)cc1F)N1CCC(c2nc(-c3ccccn3)no2)CC1. The largest absolute Gasteiger partial charge is 0.339 e. The average Bonchev–Trinajstić information content (AvgIpc) is 3.21. The van der Waals surface area contributed by atoms with Gasteiger partial charge in [0.25, 0.3) is 0 Å². The summed E-state index contributed by atoms with van der Waals surface area (Å²) >= 11 is 3.20. The minimum Gasteiger partial charge on any atom is -0.339 e. The van der Waals surface area contributed by atoms with Crippen molar-refractivity contribution in [1.29, 1.82) is 0 Å². The minimum absolute atomic E-state index is 0.0819. The Hall–Kier alpha value is -2.81. The van der Waals surface area contributed by atoms with E-state index in [0.717, 1.165) is 0 Å². The van der Waals surface area contributed by atoms with Crippen LogP contribution >= 0.6 is 15.9 Å². The molecule has 7 nitrogen and oxygen atoms in total. The van der Waals surface area contributed by atoms with Crippen molar-refractivity contribution in [3.05, 3.63) is 58.8 Å². The van der Waals surface area contributed by atoms with Gasteiger partial charge in [-0.25, -0.2) is 9.18 Å². The van der Waals surface area contributed by atoms with Crippen molar-refractivity contribution in [2.45, 2.75) is 18.8 Å². The zero-order valence-electron chi connectivity index (χ0n) is 14.8. The Morgan fingerprint density at radius 1 is 1.25 bits per heavy atom. The van der Waals surface area contributed by atoms with E-state index in [0.29, 0.717) is 47.8 Å². The van der Waals surface area contributed by atoms with E-state index in [9.17, 15) is 9.18 Å². The Morgan fingerprint density at radius 3 is 2.79 bits per heavy atom. The first kappa shape index (κ1) is 18.5. The monoisotopic (exact) mass is 445 g/mol. The molecule has 144 valence electrons. The topological polar surface area (TPSA) is 84.2 Å². The summed E-state index contributed by atoms with van der Waals surface area (Å²) in [5, 5.41) is 6.62. The van der Waals surface area contributed by atoms with Gasteiger partial charge in [0.2, 0.25) is 11.7 Å². The van der Waals surface area contributed by atoms with Gasteiger partial charge in [-0.3, -0.25) is 4.98 Å². The quantitative estimate of drug-likeness (QED) is 0.643. The molecule has 1 aliphatic rings. The highest BCUT2D eigenvalue weighted by Crippen LogP contribution is 2.28.